The molecule has 1 atom stereocenters. The van der Waals surface area contributed by atoms with E-state index in [1.807, 2.05) is 0 Å². The molecule has 0 saturated heterocycles. The van der Waals surface area contributed by atoms with Crippen LogP contribution in [-0.2, 0) is 11.1 Å². The van der Waals surface area contributed by atoms with Crippen molar-refractivity contribution < 1.29 is 14.7 Å². The summed E-state index contributed by atoms with van der Waals surface area (Å²) in [5, 5.41) is 17.7. The fourth-order valence-electron chi connectivity index (χ4n) is 3.68. The number of nitrogens with two attached hydrogens (primary N) is 1. The maximum Gasteiger partial charge on any atom is 0.633 e. The van der Waals surface area contributed by atoms with Crippen LogP contribution in [0.5, 0.6) is 0 Å². The number of benzene rings is 1. The molecule has 1 unspecified atom stereocenters. The molecule has 1 rings (SSSR count). The number of hydrogen-bond donors (Lipinski definition) is 3. The summed E-state index contributed by atoms with van der Waals surface area (Å²) in [6, 6.07) is 10.2. The largest absolute Gasteiger partial charge is 0.633 e. The van der Waals surface area contributed by atoms with E-state index in [1.54, 1.807) is 0 Å². The Kier molecular flexibility index (Phi) is 11.6. The third-order valence-electron chi connectivity index (χ3n) is 5.45. The maximum absolute atomic E-state index is 8.84. The van der Waals surface area contributed by atoms with E-state index < -0.39 is 15.4 Å². The van der Waals surface area contributed by atoms with Gasteiger partial charge >= 0.3 is 7.32 Å². The minimum absolute atomic E-state index is 0.170. The molecule has 28 heavy (non-hydrogen) atoms. The Morgan fingerprint density at radius 3 is 2.07 bits per heavy atom. The van der Waals surface area contributed by atoms with Crippen LogP contribution in [0.3, 0.4) is 0 Å². The molecule has 6 heteroatoms. The second kappa shape index (κ2) is 12.8. The van der Waals surface area contributed by atoms with Crippen LogP contribution in [0.1, 0.15) is 62.5 Å². The molecule has 160 valence electrons. The van der Waals surface area contributed by atoms with Crippen molar-refractivity contribution in [1.82, 2.24) is 0 Å². The zero-order chi connectivity index (χ0) is 21.0. The second-order valence-electron chi connectivity index (χ2n) is 9.62. The summed E-state index contributed by atoms with van der Waals surface area (Å²) >= 11 is 0. The lowest BCUT2D eigenvalue weighted by Crippen LogP contribution is -2.40. The number of hydrogen-bond acceptors (Lipinski definition) is 4. The Morgan fingerprint density at radius 2 is 1.50 bits per heavy atom. The maximum atomic E-state index is 8.84. The van der Waals surface area contributed by atoms with Gasteiger partial charge in [0, 0.05) is 20.2 Å². The van der Waals surface area contributed by atoms with Crippen molar-refractivity contribution in [2.45, 2.75) is 95.9 Å². The van der Waals surface area contributed by atoms with E-state index in [2.05, 4.69) is 50.8 Å². The Bertz CT molecular complexity index is 534. The van der Waals surface area contributed by atoms with Gasteiger partial charge in [0.1, 0.15) is 0 Å². The fraction of sp³-hybridized carbons (Fsp3) is 0.727. The average molecular weight is 407 g/mol. The molecule has 4 nitrogen and oxygen atoms in total. The third kappa shape index (κ3) is 12.7. The van der Waals surface area contributed by atoms with E-state index in [0.29, 0.717) is 6.61 Å². The first-order valence-electron chi connectivity index (χ1n) is 10.9. The van der Waals surface area contributed by atoms with Gasteiger partial charge in [-0.05, 0) is 51.0 Å². The molecule has 0 aliphatic heterocycles. The van der Waals surface area contributed by atoms with Crippen molar-refractivity contribution in [2.75, 3.05) is 6.61 Å². The van der Waals surface area contributed by atoms with Crippen molar-refractivity contribution in [3.05, 3.63) is 35.4 Å². The highest BCUT2D eigenvalue weighted by molar-refractivity contribution is 6.76. The zero-order valence-corrected chi connectivity index (χ0v) is 19.5. The van der Waals surface area contributed by atoms with Crippen molar-refractivity contribution in [2.24, 2.45) is 5.73 Å². The van der Waals surface area contributed by atoms with Crippen LogP contribution in [0.2, 0.25) is 25.7 Å². The molecule has 0 amide bonds. The van der Waals surface area contributed by atoms with Gasteiger partial charge in [0.2, 0.25) is 0 Å². The van der Waals surface area contributed by atoms with E-state index in [-0.39, 0.29) is 5.54 Å². The topological polar surface area (TPSA) is 75.7 Å². The minimum atomic E-state index is -1.68. The van der Waals surface area contributed by atoms with Gasteiger partial charge in [0.15, 0.2) is 0 Å². The summed E-state index contributed by atoms with van der Waals surface area (Å²) in [5.74, 6) is 0. The lowest BCUT2D eigenvalue weighted by molar-refractivity contribution is 0.173. The minimum Gasteiger partial charge on any atom is -0.402 e. The SMILES string of the molecule is Cc1ccc(CCCCC(N)(CCCC[Si](C)(C)C)CCCOB(O)O)cc1. The second-order valence-corrected chi connectivity index (χ2v) is 15.2. The number of aryl methyl sites for hydroxylation is 2. The number of rotatable bonds is 15. The average Bonchev–Trinajstić information content (AvgIpc) is 2.60. The van der Waals surface area contributed by atoms with Gasteiger partial charge in [-0.1, -0.05) is 74.8 Å². The van der Waals surface area contributed by atoms with E-state index in [0.717, 1.165) is 44.9 Å². The predicted octanol–water partition coefficient (Wildman–Crippen LogP) is 4.68. The first-order valence-corrected chi connectivity index (χ1v) is 14.6. The van der Waals surface area contributed by atoms with Crippen LogP contribution in [0.25, 0.3) is 0 Å². The molecule has 0 aromatic heterocycles. The van der Waals surface area contributed by atoms with E-state index >= 15 is 0 Å². The molecule has 0 radical (unpaired) electrons. The van der Waals surface area contributed by atoms with Crippen molar-refractivity contribution in [3.63, 3.8) is 0 Å². The summed E-state index contributed by atoms with van der Waals surface area (Å²) in [7, 11) is -2.67. The van der Waals surface area contributed by atoms with Gasteiger partial charge in [-0.3, -0.25) is 0 Å². The fourth-order valence-corrected chi connectivity index (χ4v) is 4.99. The smallest absolute Gasteiger partial charge is 0.402 e. The van der Waals surface area contributed by atoms with Gasteiger partial charge in [-0.15, -0.1) is 0 Å². The van der Waals surface area contributed by atoms with Gasteiger partial charge in [0.05, 0.1) is 0 Å². The van der Waals surface area contributed by atoms with Crippen LogP contribution in [0.15, 0.2) is 24.3 Å². The summed E-state index contributed by atoms with van der Waals surface area (Å²) in [4.78, 5) is 0. The molecule has 0 aliphatic rings. The third-order valence-corrected chi connectivity index (χ3v) is 7.30. The highest BCUT2D eigenvalue weighted by Crippen LogP contribution is 2.26. The molecule has 0 saturated carbocycles. The van der Waals surface area contributed by atoms with Crippen LogP contribution >= 0.6 is 0 Å². The molecule has 1 aromatic carbocycles. The monoisotopic (exact) mass is 407 g/mol. The van der Waals surface area contributed by atoms with Crippen molar-refractivity contribution >= 4 is 15.4 Å². The summed E-state index contributed by atoms with van der Waals surface area (Å²) in [5.41, 5.74) is 9.33. The Balaban J connectivity index is 2.42. The quantitative estimate of drug-likeness (QED) is 0.291. The van der Waals surface area contributed by atoms with E-state index in [9.17, 15) is 0 Å². The van der Waals surface area contributed by atoms with Crippen LogP contribution in [0, 0.1) is 6.92 Å². The highest BCUT2D eigenvalue weighted by atomic mass is 28.3. The van der Waals surface area contributed by atoms with E-state index in [1.165, 1.54) is 30.0 Å². The van der Waals surface area contributed by atoms with E-state index in [4.69, 9.17) is 20.4 Å². The van der Waals surface area contributed by atoms with Crippen molar-refractivity contribution in [1.29, 1.82) is 0 Å². The first-order chi connectivity index (χ1) is 13.1. The molecule has 4 N–H and O–H groups in total. The zero-order valence-electron chi connectivity index (χ0n) is 18.5. The summed E-state index contributed by atoms with van der Waals surface area (Å²) < 4.78 is 4.86. The molecule has 0 spiro atoms. The van der Waals surface area contributed by atoms with Gasteiger partial charge in [-0.25, -0.2) is 0 Å². The Labute approximate surface area is 174 Å². The summed E-state index contributed by atoms with van der Waals surface area (Å²) in [6.45, 7) is 9.73. The predicted molar refractivity (Wildman–Crippen MR) is 123 cm³/mol. The van der Waals surface area contributed by atoms with Gasteiger partial charge in [-0.2, -0.15) is 0 Å². The molecule has 0 aliphatic carbocycles. The molecule has 1 aromatic rings. The standard InChI is InChI=1S/C22H42BNO3Si/c1-20-11-13-21(14-12-20)10-5-6-15-22(24,17-9-18-27-23(25)26)16-7-8-19-28(2,3)4/h11-14,25-26H,5-10,15-19,24H2,1-4H3. The van der Waals surface area contributed by atoms with Crippen LogP contribution < -0.4 is 5.73 Å². The Morgan fingerprint density at radius 1 is 0.929 bits per heavy atom. The van der Waals surface area contributed by atoms with Gasteiger partial charge in [0.25, 0.3) is 0 Å². The normalized spacial score (nSPS) is 14.1. The van der Waals surface area contributed by atoms with Crippen LogP contribution in [-0.4, -0.2) is 37.6 Å². The molecule has 0 fully saturated rings. The van der Waals surface area contributed by atoms with Crippen molar-refractivity contribution in [3.8, 4) is 0 Å². The first kappa shape index (κ1) is 25.4. The summed E-state index contributed by atoms with van der Waals surface area (Å²) in [6.07, 6.45) is 9.54. The molecular formula is C22H42BNO3Si. The molecule has 0 heterocycles. The lowest BCUT2D eigenvalue weighted by atomic mass is 9.83. The molecular weight excluding hydrogens is 365 g/mol. The number of unbranched alkanes of at least 4 members (excludes halogenated alkanes) is 2. The van der Waals surface area contributed by atoms with Crippen LogP contribution in [0.4, 0.5) is 0 Å². The van der Waals surface area contributed by atoms with Gasteiger partial charge < -0.3 is 20.4 Å². The lowest BCUT2D eigenvalue weighted by Gasteiger charge is -2.30. The Hall–Kier alpha value is -0.658. The molecule has 0 bridgehead atoms. The highest BCUT2D eigenvalue weighted by Gasteiger charge is 2.24.